The average molecular weight is 380 g/mol. The van der Waals surface area contributed by atoms with Gasteiger partial charge in [-0.1, -0.05) is 72.0 Å². The van der Waals surface area contributed by atoms with Crippen LogP contribution in [0.2, 0.25) is 0 Å². The van der Waals surface area contributed by atoms with E-state index in [0.717, 1.165) is 11.1 Å². The maximum Gasteiger partial charge on any atom is 0.179 e. The van der Waals surface area contributed by atoms with Crippen molar-refractivity contribution in [2.75, 3.05) is 19.8 Å². The van der Waals surface area contributed by atoms with Crippen LogP contribution in [0.15, 0.2) is 59.5 Å². The highest BCUT2D eigenvalue weighted by atomic mass is 32.2. The van der Waals surface area contributed by atoms with E-state index in [4.69, 9.17) is 12.2 Å². The summed E-state index contributed by atoms with van der Waals surface area (Å²) in [6.07, 6.45) is 0. The molecule has 24 heavy (non-hydrogen) atoms. The summed E-state index contributed by atoms with van der Waals surface area (Å²) in [5, 5.41) is -0.243. The maximum absolute atomic E-state index is 12.8. The third-order valence-corrected chi connectivity index (χ3v) is 7.45. The van der Waals surface area contributed by atoms with E-state index in [1.165, 1.54) is 11.8 Å². The highest BCUT2D eigenvalue weighted by Gasteiger charge is 2.24. The lowest BCUT2D eigenvalue weighted by Gasteiger charge is -2.21. The molecule has 2 aromatic rings. The molecule has 2 rings (SSSR count). The quantitative estimate of drug-likeness (QED) is 0.732. The van der Waals surface area contributed by atoms with E-state index in [0.29, 0.717) is 9.22 Å². The smallest absolute Gasteiger partial charge is 0.179 e. The number of sulfone groups is 1. The molecule has 0 saturated heterocycles. The van der Waals surface area contributed by atoms with E-state index in [1.54, 1.807) is 12.1 Å². The zero-order chi connectivity index (χ0) is 17.7. The van der Waals surface area contributed by atoms with E-state index in [-0.39, 0.29) is 11.0 Å². The molecule has 0 aliphatic rings. The Balaban J connectivity index is 2.30. The lowest BCUT2D eigenvalue weighted by Crippen LogP contribution is -2.20. The van der Waals surface area contributed by atoms with Crippen molar-refractivity contribution in [1.82, 2.24) is 4.90 Å². The van der Waals surface area contributed by atoms with Crippen molar-refractivity contribution in [3.63, 3.8) is 0 Å². The second kappa shape index (κ2) is 8.14. The summed E-state index contributed by atoms with van der Waals surface area (Å²) >= 11 is 6.78. The molecular weight excluding hydrogens is 358 g/mol. The van der Waals surface area contributed by atoms with Gasteiger partial charge >= 0.3 is 0 Å². The van der Waals surface area contributed by atoms with Crippen LogP contribution in [0.4, 0.5) is 0 Å². The number of aryl methyl sites for hydroxylation is 1. The maximum atomic E-state index is 12.8. The zero-order valence-electron chi connectivity index (χ0n) is 14.0. The van der Waals surface area contributed by atoms with E-state index < -0.39 is 9.84 Å². The molecule has 0 aromatic heterocycles. The first-order chi connectivity index (χ1) is 11.3. The van der Waals surface area contributed by atoms with Crippen LogP contribution in [0.3, 0.4) is 0 Å². The van der Waals surface area contributed by atoms with Gasteiger partial charge in [0.15, 0.2) is 9.84 Å². The number of rotatable bonds is 5. The molecule has 0 fully saturated rings. The van der Waals surface area contributed by atoms with Crippen LogP contribution in [-0.4, -0.2) is 37.5 Å². The van der Waals surface area contributed by atoms with Gasteiger partial charge in [0.05, 0.1) is 15.9 Å². The Bertz CT molecular complexity index is 785. The number of thioether (sulfide) groups is 1. The van der Waals surface area contributed by atoms with E-state index in [1.807, 2.05) is 68.4 Å². The minimum absolute atomic E-state index is 0.0126. The molecule has 0 aliphatic heterocycles. The highest BCUT2D eigenvalue weighted by Crippen LogP contribution is 2.33. The molecule has 0 aliphatic carbocycles. The van der Waals surface area contributed by atoms with Gasteiger partial charge in [-0.25, -0.2) is 8.42 Å². The minimum atomic E-state index is -3.39. The summed E-state index contributed by atoms with van der Waals surface area (Å²) in [5.41, 5.74) is 2.00. The van der Waals surface area contributed by atoms with Gasteiger partial charge in [0, 0.05) is 14.1 Å². The fraction of sp³-hybridized carbons (Fsp3) is 0.278. The Morgan fingerprint density at radius 2 is 1.67 bits per heavy atom. The van der Waals surface area contributed by atoms with Gasteiger partial charge in [0.25, 0.3) is 0 Å². The molecule has 0 bridgehead atoms. The number of hydrogen-bond acceptors (Lipinski definition) is 4. The van der Waals surface area contributed by atoms with Crippen LogP contribution in [0.5, 0.6) is 0 Å². The number of hydrogen-bond donors (Lipinski definition) is 0. The van der Waals surface area contributed by atoms with Crippen molar-refractivity contribution in [3.8, 4) is 0 Å². The van der Waals surface area contributed by atoms with Crippen molar-refractivity contribution < 1.29 is 8.42 Å². The Morgan fingerprint density at radius 1 is 1.08 bits per heavy atom. The number of nitrogens with zero attached hydrogens (tertiary/aromatic N) is 1. The topological polar surface area (TPSA) is 37.4 Å². The van der Waals surface area contributed by atoms with Gasteiger partial charge in [-0.3, -0.25) is 0 Å². The summed E-state index contributed by atoms with van der Waals surface area (Å²) in [6, 6.07) is 16.6. The molecule has 0 N–H and O–H groups in total. The predicted molar refractivity (Wildman–Crippen MR) is 106 cm³/mol. The first kappa shape index (κ1) is 19.0. The van der Waals surface area contributed by atoms with Gasteiger partial charge in [-0.2, -0.15) is 0 Å². The largest absolute Gasteiger partial charge is 0.364 e. The Labute approximate surface area is 154 Å². The summed E-state index contributed by atoms with van der Waals surface area (Å²) < 4.78 is 26.3. The van der Waals surface area contributed by atoms with Crippen molar-refractivity contribution >= 4 is 38.1 Å². The monoisotopic (exact) mass is 379 g/mol. The third kappa shape index (κ3) is 5.06. The lowest BCUT2D eigenvalue weighted by atomic mass is 10.2. The van der Waals surface area contributed by atoms with Crippen LogP contribution < -0.4 is 0 Å². The second-order valence-corrected chi connectivity index (χ2v) is 9.64. The molecule has 2 aromatic carbocycles. The summed E-state index contributed by atoms with van der Waals surface area (Å²) in [4.78, 5) is 2.18. The summed E-state index contributed by atoms with van der Waals surface area (Å²) in [6.45, 7) is 1.94. The molecule has 0 unspecified atom stereocenters. The average Bonchev–Trinajstić information content (AvgIpc) is 2.55. The summed E-state index contributed by atoms with van der Waals surface area (Å²) in [5.74, 6) is 0.0126. The molecule has 0 amide bonds. The third-order valence-electron chi connectivity index (χ3n) is 3.53. The van der Waals surface area contributed by atoms with E-state index in [2.05, 4.69) is 0 Å². The van der Waals surface area contributed by atoms with Gasteiger partial charge in [0.2, 0.25) is 0 Å². The number of thiocarbonyl (C=S) groups is 1. The molecule has 6 heteroatoms. The van der Waals surface area contributed by atoms with Crippen LogP contribution >= 0.6 is 24.0 Å². The Hall–Kier alpha value is -1.37. The van der Waals surface area contributed by atoms with E-state index in [9.17, 15) is 8.42 Å². The fourth-order valence-electron chi connectivity index (χ4n) is 2.13. The lowest BCUT2D eigenvalue weighted by molar-refractivity contribution is 0.595. The van der Waals surface area contributed by atoms with Crippen molar-refractivity contribution in [3.05, 3.63) is 65.7 Å². The first-order valence-corrected chi connectivity index (χ1v) is 10.5. The molecule has 3 nitrogen and oxygen atoms in total. The highest BCUT2D eigenvalue weighted by molar-refractivity contribution is 8.23. The van der Waals surface area contributed by atoms with Crippen molar-refractivity contribution in [2.45, 2.75) is 17.1 Å². The molecule has 0 saturated carbocycles. The van der Waals surface area contributed by atoms with Crippen LogP contribution in [-0.2, 0) is 9.84 Å². The van der Waals surface area contributed by atoms with Gasteiger partial charge in [-0.05, 0) is 24.6 Å². The Kier molecular flexibility index (Phi) is 6.43. The van der Waals surface area contributed by atoms with Crippen molar-refractivity contribution in [1.29, 1.82) is 0 Å². The molecule has 128 valence electrons. The van der Waals surface area contributed by atoms with Crippen LogP contribution in [0, 0.1) is 6.92 Å². The molecule has 0 heterocycles. The minimum Gasteiger partial charge on any atom is -0.364 e. The standard InChI is InChI=1S/C18H21NO2S3/c1-14-9-11-16(12-10-14)24(20,21)13-17(23-18(22)19(2)3)15-7-5-4-6-8-15/h4-12,17H,13H2,1-3H3/t17-/m1/s1. The van der Waals surface area contributed by atoms with Crippen LogP contribution in [0.1, 0.15) is 16.4 Å². The number of benzene rings is 2. The summed E-state index contributed by atoms with van der Waals surface area (Å²) in [7, 11) is 0.339. The van der Waals surface area contributed by atoms with Gasteiger partial charge in [0.1, 0.15) is 4.32 Å². The normalized spacial score (nSPS) is 12.6. The Morgan fingerprint density at radius 3 is 2.21 bits per heavy atom. The predicted octanol–water partition coefficient (Wildman–Crippen LogP) is 4.09. The molecule has 0 radical (unpaired) electrons. The van der Waals surface area contributed by atoms with E-state index >= 15 is 0 Å². The van der Waals surface area contributed by atoms with Crippen molar-refractivity contribution in [2.24, 2.45) is 0 Å². The zero-order valence-corrected chi connectivity index (χ0v) is 16.4. The molecular formula is C18H21NO2S3. The van der Waals surface area contributed by atoms with Crippen LogP contribution in [0.25, 0.3) is 0 Å². The fourth-order valence-corrected chi connectivity index (χ4v) is 5.37. The van der Waals surface area contributed by atoms with Gasteiger partial charge < -0.3 is 4.90 Å². The second-order valence-electron chi connectivity index (χ2n) is 5.77. The molecule has 0 spiro atoms. The SMILES string of the molecule is Cc1ccc(S(=O)(=O)C[C@@H](SC(=S)N(C)C)c2ccccc2)cc1. The van der Waals surface area contributed by atoms with Gasteiger partial charge in [-0.15, -0.1) is 0 Å². The first-order valence-electron chi connectivity index (χ1n) is 7.52. The molecule has 1 atom stereocenters.